The molecule has 1 aromatic carbocycles. The molecule has 0 saturated heterocycles. The van der Waals surface area contributed by atoms with Crippen LogP contribution in [0.4, 0.5) is 0 Å². The summed E-state index contributed by atoms with van der Waals surface area (Å²) in [7, 11) is 1.66. The van der Waals surface area contributed by atoms with Gasteiger partial charge in [-0.3, -0.25) is 18.3 Å². The summed E-state index contributed by atoms with van der Waals surface area (Å²) in [6.45, 7) is 2.82. The van der Waals surface area contributed by atoms with Crippen LogP contribution in [0.5, 0.6) is 0 Å². The molecule has 0 N–H and O–H groups in total. The van der Waals surface area contributed by atoms with E-state index >= 15 is 0 Å². The van der Waals surface area contributed by atoms with Gasteiger partial charge in [-0.1, -0.05) is 30.3 Å². The molecule has 158 valence electrons. The number of imidazole rings is 2. The van der Waals surface area contributed by atoms with E-state index in [1.807, 2.05) is 48.0 Å². The fourth-order valence-corrected chi connectivity index (χ4v) is 4.09. The normalized spacial score (nSPS) is 11.7. The lowest BCUT2D eigenvalue weighted by Crippen LogP contribution is -2.39. The molecule has 8 heteroatoms. The number of fused-ring (bicyclic) bond motifs is 3. The lowest BCUT2D eigenvalue weighted by Gasteiger charge is -2.08. The Morgan fingerprint density at radius 2 is 1.84 bits per heavy atom. The average Bonchev–Trinajstić information content (AvgIpc) is 3.48. The Bertz CT molecular complexity index is 1480. The first-order valence-corrected chi connectivity index (χ1v) is 10.3. The van der Waals surface area contributed by atoms with E-state index in [1.54, 1.807) is 17.7 Å². The second-order valence-corrected chi connectivity index (χ2v) is 7.78. The van der Waals surface area contributed by atoms with Gasteiger partial charge in [-0.2, -0.15) is 4.98 Å². The Balaban J connectivity index is 1.58. The maximum Gasteiger partial charge on any atom is 0.332 e. The topological polar surface area (TPSA) is 79.4 Å². The molecule has 8 nitrogen and oxygen atoms in total. The minimum atomic E-state index is -0.347. The van der Waals surface area contributed by atoms with Crippen molar-refractivity contribution in [2.75, 3.05) is 0 Å². The third kappa shape index (κ3) is 3.20. The highest BCUT2D eigenvalue weighted by Crippen LogP contribution is 2.18. The highest BCUT2D eigenvalue weighted by molar-refractivity contribution is 5.75. The minimum absolute atomic E-state index is 0.311. The monoisotopic (exact) mass is 417 g/mol. The Hall–Kier alpha value is -3.81. The summed E-state index contributed by atoms with van der Waals surface area (Å²) in [6, 6.07) is 13.8. The number of benzene rings is 1. The fraction of sp³-hybridized carbons (Fsp3) is 0.261. The summed E-state index contributed by atoms with van der Waals surface area (Å²) >= 11 is 0. The van der Waals surface area contributed by atoms with Gasteiger partial charge in [0, 0.05) is 25.5 Å². The first-order valence-electron chi connectivity index (χ1n) is 10.3. The highest BCUT2D eigenvalue weighted by Gasteiger charge is 2.20. The van der Waals surface area contributed by atoms with Crippen molar-refractivity contribution < 1.29 is 4.42 Å². The Morgan fingerprint density at radius 1 is 1.03 bits per heavy atom. The molecule has 4 heterocycles. The molecule has 0 saturated carbocycles. The molecule has 0 aliphatic heterocycles. The van der Waals surface area contributed by atoms with Crippen LogP contribution in [0.3, 0.4) is 0 Å². The smallest absolute Gasteiger partial charge is 0.332 e. The molecule has 0 radical (unpaired) electrons. The van der Waals surface area contributed by atoms with Gasteiger partial charge in [0.25, 0.3) is 5.56 Å². The Labute approximate surface area is 177 Å². The van der Waals surface area contributed by atoms with Gasteiger partial charge < -0.3 is 8.98 Å². The number of aryl methyl sites for hydroxylation is 3. The number of rotatable bonds is 6. The van der Waals surface area contributed by atoms with Gasteiger partial charge in [0.15, 0.2) is 11.2 Å². The summed E-state index contributed by atoms with van der Waals surface area (Å²) in [5.41, 5.74) is 2.28. The van der Waals surface area contributed by atoms with Crippen LogP contribution in [0.1, 0.15) is 23.4 Å². The van der Waals surface area contributed by atoms with Gasteiger partial charge in [0.2, 0.25) is 5.78 Å². The second-order valence-electron chi connectivity index (χ2n) is 7.78. The van der Waals surface area contributed by atoms with E-state index in [-0.39, 0.29) is 11.2 Å². The molecular weight excluding hydrogens is 394 g/mol. The van der Waals surface area contributed by atoms with Crippen molar-refractivity contribution in [1.82, 2.24) is 23.1 Å². The van der Waals surface area contributed by atoms with E-state index in [1.165, 1.54) is 14.7 Å². The van der Waals surface area contributed by atoms with Gasteiger partial charge in [0.05, 0.1) is 12.8 Å². The van der Waals surface area contributed by atoms with E-state index in [2.05, 4.69) is 17.1 Å². The standard InChI is InChI=1S/C23H23N5O3/c1-16-14-28-19-20(24-22(28)27(16)15-18-11-7-13-31-18)25(2)23(30)26(21(19)29)12-6-10-17-8-4-3-5-9-17/h3-5,7-9,11,13-14H,6,10,12,15H2,1-2H3. The lowest BCUT2D eigenvalue weighted by molar-refractivity contribution is 0.494. The molecule has 0 amide bonds. The van der Waals surface area contributed by atoms with Crippen LogP contribution in [0.2, 0.25) is 0 Å². The molecule has 0 spiro atoms. The number of nitrogens with zero attached hydrogens (tertiary/aromatic N) is 5. The molecule has 5 aromatic rings. The van der Waals surface area contributed by atoms with Crippen molar-refractivity contribution in [3.8, 4) is 0 Å². The van der Waals surface area contributed by atoms with Crippen LogP contribution in [0, 0.1) is 6.92 Å². The van der Waals surface area contributed by atoms with Gasteiger partial charge in [0.1, 0.15) is 5.76 Å². The molecule has 0 fully saturated rings. The molecule has 5 rings (SSSR count). The summed E-state index contributed by atoms with van der Waals surface area (Å²) in [4.78, 5) is 30.9. The van der Waals surface area contributed by atoms with Gasteiger partial charge in [-0.05, 0) is 37.5 Å². The third-order valence-corrected chi connectivity index (χ3v) is 5.72. The molecule has 4 aromatic heterocycles. The van der Waals surface area contributed by atoms with Crippen molar-refractivity contribution in [3.05, 3.63) is 92.8 Å². The number of aromatic nitrogens is 5. The van der Waals surface area contributed by atoms with E-state index < -0.39 is 0 Å². The third-order valence-electron chi connectivity index (χ3n) is 5.72. The van der Waals surface area contributed by atoms with Crippen molar-refractivity contribution in [1.29, 1.82) is 0 Å². The van der Waals surface area contributed by atoms with Crippen LogP contribution in [-0.2, 0) is 26.6 Å². The molecule has 0 unspecified atom stereocenters. The number of hydrogen-bond acceptors (Lipinski definition) is 4. The Kier molecular flexibility index (Phi) is 4.62. The maximum atomic E-state index is 13.3. The summed E-state index contributed by atoms with van der Waals surface area (Å²) in [5, 5.41) is 0. The quantitative estimate of drug-likeness (QED) is 0.426. The largest absolute Gasteiger partial charge is 0.467 e. The molecule has 31 heavy (non-hydrogen) atoms. The second kappa shape index (κ2) is 7.46. The van der Waals surface area contributed by atoms with Crippen molar-refractivity contribution in [2.24, 2.45) is 7.05 Å². The van der Waals surface area contributed by atoms with E-state index in [4.69, 9.17) is 4.42 Å². The molecule has 0 atom stereocenters. The number of furan rings is 1. The zero-order valence-electron chi connectivity index (χ0n) is 17.5. The Morgan fingerprint density at radius 3 is 2.58 bits per heavy atom. The van der Waals surface area contributed by atoms with Gasteiger partial charge >= 0.3 is 5.69 Å². The molecule has 0 bridgehead atoms. The zero-order chi connectivity index (χ0) is 21.5. The molecule has 0 aliphatic carbocycles. The average molecular weight is 417 g/mol. The number of hydrogen-bond donors (Lipinski definition) is 0. The van der Waals surface area contributed by atoms with Crippen LogP contribution in [0.25, 0.3) is 16.9 Å². The van der Waals surface area contributed by atoms with Crippen molar-refractivity contribution in [3.63, 3.8) is 0 Å². The highest BCUT2D eigenvalue weighted by atomic mass is 16.3. The first kappa shape index (κ1) is 19.2. The first-order chi connectivity index (χ1) is 15.0. The lowest BCUT2D eigenvalue weighted by atomic mass is 10.1. The SMILES string of the molecule is Cc1cn2c3c(=O)n(CCCc4ccccc4)c(=O)n(C)c3nc2n1Cc1ccco1. The van der Waals surface area contributed by atoms with Gasteiger partial charge in [-0.25, -0.2) is 4.79 Å². The fourth-order valence-electron chi connectivity index (χ4n) is 4.09. The predicted octanol–water partition coefficient (Wildman–Crippen LogP) is 2.73. The molecular formula is C23H23N5O3. The van der Waals surface area contributed by atoms with Crippen LogP contribution >= 0.6 is 0 Å². The van der Waals surface area contributed by atoms with Crippen LogP contribution in [0.15, 0.2) is 68.9 Å². The van der Waals surface area contributed by atoms with E-state index in [9.17, 15) is 9.59 Å². The van der Waals surface area contributed by atoms with Crippen LogP contribution in [-0.4, -0.2) is 23.1 Å². The minimum Gasteiger partial charge on any atom is -0.467 e. The van der Waals surface area contributed by atoms with Crippen molar-refractivity contribution in [2.45, 2.75) is 32.9 Å². The summed E-state index contributed by atoms with van der Waals surface area (Å²) in [5.74, 6) is 1.40. The van der Waals surface area contributed by atoms with E-state index in [0.29, 0.717) is 36.5 Å². The van der Waals surface area contributed by atoms with Crippen LogP contribution < -0.4 is 11.2 Å². The summed E-state index contributed by atoms with van der Waals surface area (Å²) in [6.07, 6.45) is 5.01. The van der Waals surface area contributed by atoms with E-state index in [0.717, 1.165) is 17.9 Å². The predicted molar refractivity (Wildman–Crippen MR) is 117 cm³/mol. The van der Waals surface area contributed by atoms with Crippen molar-refractivity contribution >= 4 is 16.9 Å². The molecule has 0 aliphatic rings. The summed E-state index contributed by atoms with van der Waals surface area (Å²) < 4.78 is 12.0. The maximum absolute atomic E-state index is 13.3. The van der Waals surface area contributed by atoms with Gasteiger partial charge in [-0.15, -0.1) is 0 Å². The zero-order valence-corrected chi connectivity index (χ0v) is 17.5.